The topological polar surface area (TPSA) is 73.4 Å². The molecule has 1 fully saturated rings. The van der Waals surface area contributed by atoms with Crippen LogP contribution in [0.3, 0.4) is 0 Å². The van der Waals surface area contributed by atoms with Gasteiger partial charge in [-0.1, -0.05) is 0 Å². The summed E-state index contributed by atoms with van der Waals surface area (Å²) in [5.74, 6) is -0.0681. The number of nitrogen functional groups attached to an aromatic ring is 1. The first-order valence-corrected chi connectivity index (χ1v) is 5.70. The van der Waals surface area contributed by atoms with Gasteiger partial charge >= 0.3 is 0 Å². The monoisotopic (exact) mass is 238 g/mol. The number of ether oxygens (including phenoxy) is 1. The van der Waals surface area contributed by atoms with Crippen LogP contribution in [0.5, 0.6) is 0 Å². The van der Waals surface area contributed by atoms with Crippen LogP contribution in [0.25, 0.3) is 0 Å². The first kappa shape index (κ1) is 11.9. The second-order valence-electron chi connectivity index (χ2n) is 4.39. The van der Waals surface area contributed by atoms with E-state index in [-0.39, 0.29) is 11.9 Å². The van der Waals surface area contributed by atoms with E-state index in [4.69, 9.17) is 10.5 Å². The maximum atomic E-state index is 12.4. The molecule has 6 nitrogen and oxygen atoms in total. The van der Waals surface area contributed by atoms with Gasteiger partial charge in [0.1, 0.15) is 5.69 Å². The van der Waals surface area contributed by atoms with Crippen molar-refractivity contribution in [2.75, 3.05) is 25.5 Å². The Morgan fingerprint density at radius 2 is 2.29 bits per heavy atom. The standard InChI is InChI=1S/C11H18N4O2/c1-7-6-17-5-4-15(7)11(16)10-9(12)8(2)13-14(10)3/h7H,4-6,12H2,1-3H3/t7-/m1/s1. The highest BCUT2D eigenvalue weighted by Gasteiger charge is 2.28. The summed E-state index contributed by atoms with van der Waals surface area (Å²) in [6, 6.07) is 0.0749. The zero-order valence-electron chi connectivity index (χ0n) is 10.4. The maximum absolute atomic E-state index is 12.4. The van der Waals surface area contributed by atoms with E-state index in [1.165, 1.54) is 0 Å². The van der Waals surface area contributed by atoms with Gasteiger partial charge in [-0.3, -0.25) is 9.48 Å². The first-order chi connectivity index (χ1) is 8.02. The number of hydrogen-bond acceptors (Lipinski definition) is 4. The Morgan fingerprint density at radius 3 is 2.82 bits per heavy atom. The van der Waals surface area contributed by atoms with Crippen molar-refractivity contribution in [1.29, 1.82) is 0 Å². The lowest BCUT2D eigenvalue weighted by atomic mass is 10.2. The van der Waals surface area contributed by atoms with Gasteiger partial charge in [0.15, 0.2) is 0 Å². The van der Waals surface area contributed by atoms with Gasteiger partial charge in [-0.25, -0.2) is 0 Å². The SMILES string of the molecule is Cc1nn(C)c(C(=O)N2CCOC[C@H]2C)c1N. The molecule has 94 valence electrons. The molecule has 1 aliphatic heterocycles. The van der Waals surface area contributed by atoms with Crippen molar-refractivity contribution < 1.29 is 9.53 Å². The quantitative estimate of drug-likeness (QED) is 0.757. The largest absolute Gasteiger partial charge is 0.395 e. The number of nitrogens with two attached hydrogens (primary N) is 1. The third-order valence-corrected chi connectivity index (χ3v) is 3.10. The number of carbonyl (C=O) groups excluding carboxylic acids is 1. The molecule has 1 amide bonds. The van der Waals surface area contributed by atoms with E-state index >= 15 is 0 Å². The molecule has 2 heterocycles. The molecule has 1 saturated heterocycles. The van der Waals surface area contributed by atoms with Crippen molar-refractivity contribution in [1.82, 2.24) is 14.7 Å². The Hall–Kier alpha value is -1.56. The van der Waals surface area contributed by atoms with E-state index in [0.717, 1.165) is 0 Å². The Balaban J connectivity index is 2.30. The molecule has 2 N–H and O–H groups in total. The first-order valence-electron chi connectivity index (χ1n) is 5.70. The maximum Gasteiger partial charge on any atom is 0.274 e. The highest BCUT2D eigenvalue weighted by atomic mass is 16.5. The number of aryl methyl sites for hydroxylation is 2. The molecule has 2 rings (SSSR count). The van der Waals surface area contributed by atoms with Crippen molar-refractivity contribution in [3.05, 3.63) is 11.4 Å². The van der Waals surface area contributed by atoms with Crippen molar-refractivity contribution in [3.8, 4) is 0 Å². The molecule has 6 heteroatoms. The van der Waals surface area contributed by atoms with E-state index in [1.807, 2.05) is 6.92 Å². The third kappa shape index (κ3) is 2.00. The van der Waals surface area contributed by atoms with Crippen LogP contribution in [0, 0.1) is 6.92 Å². The smallest absolute Gasteiger partial charge is 0.274 e. The molecule has 0 aliphatic carbocycles. The van der Waals surface area contributed by atoms with E-state index < -0.39 is 0 Å². The minimum atomic E-state index is -0.0681. The molecular weight excluding hydrogens is 220 g/mol. The second kappa shape index (κ2) is 4.37. The number of aromatic nitrogens is 2. The van der Waals surface area contributed by atoms with Gasteiger partial charge in [0.05, 0.1) is 30.6 Å². The minimum absolute atomic E-state index is 0.0681. The summed E-state index contributed by atoms with van der Waals surface area (Å²) in [7, 11) is 1.74. The van der Waals surface area contributed by atoms with Gasteiger partial charge in [0.2, 0.25) is 0 Å². The predicted molar refractivity (Wildman–Crippen MR) is 63.7 cm³/mol. The van der Waals surface area contributed by atoms with Gasteiger partial charge in [-0.05, 0) is 13.8 Å². The Bertz CT molecular complexity index is 441. The number of nitrogens with zero attached hydrogens (tertiary/aromatic N) is 3. The molecular formula is C11H18N4O2. The van der Waals surface area contributed by atoms with Crippen LogP contribution < -0.4 is 5.73 Å². The zero-order chi connectivity index (χ0) is 12.6. The summed E-state index contributed by atoms with van der Waals surface area (Å²) in [5.41, 5.74) is 7.52. The number of carbonyl (C=O) groups is 1. The fourth-order valence-corrected chi connectivity index (χ4v) is 2.09. The van der Waals surface area contributed by atoms with Crippen molar-refractivity contribution >= 4 is 11.6 Å². The molecule has 1 aromatic rings. The Labute approximate surface area is 100 Å². The van der Waals surface area contributed by atoms with Crippen LogP contribution in [0.15, 0.2) is 0 Å². The zero-order valence-corrected chi connectivity index (χ0v) is 10.4. The van der Waals surface area contributed by atoms with Crippen LogP contribution in [-0.2, 0) is 11.8 Å². The molecule has 1 atom stereocenters. The highest BCUT2D eigenvalue weighted by molar-refractivity contribution is 5.98. The molecule has 0 spiro atoms. The average molecular weight is 238 g/mol. The molecule has 0 radical (unpaired) electrons. The third-order valence-electron chi connectivity index (χ3n) is 3.10. The minimum Gasteiger partial charge on any atom is -0.395 e. The lowest BCUT2D eigenvalue weighted by Gasteiger charge is -2.33. The molecule has 0 unspecified atom stereocenters. The summed E-state index contributed by atoms with van der Waals surface area (Å²) in [6.07, 6.45) is 0. The molecule has 17 heavy (non-hydrogen) atoms. The van der Waals surface area contributed by atoms with Gasteiger partial charge in [0.25, 0.3) is 5.91 Å². The summed E-state index contributed by atoms with van der Waals surface area (Å²) < 4.78 is 6.87. The lowest BCUT2D eigenvalue weighted by Crippen LogP contribution is -2.47. The highest BCUT2D eigenvalue weighted by Crippen LogP contribution is 2.19. The van der Waals surface area contributed by atoms with Gasteiger partial charge in [0, 0.05) is 13.6 Å². The van der Waals surface area contributed by atoms with Crippen molar-refractivity contribution in [3.63, 3.8) is 0 Å². The normalized spacial score (nSPS) is 20.6. The van der Waals surface area contributed by atoms with Crippen LogP contribution in [0.2, 0.25) is 0 Å². The summed E-state index contributed by atoms with van der Waals surface area (Å²) in [4.78, 5) is 14.2. The van der Waals surface area contributed by atoms with E-state index in [0.29, 0.717) is 36.8 Å². The lowest BCUT2D eigenvalue weighted by molar-refractivity contribution is 0.00307. The van der Waals surface area contributed by atoms with Crippen molar-refractivity contribution in [2.45, 2.75) is 19.9 Å². The molecule has 1 aromatic heterocycles. The van der Waals surface area contributed by atoms with Crippen molar-refractivity contribution in [2.24, 2.45) is 7.05 Å². The predicted octanol–water partition coefficient (Wildman–Crippen LogP) is 0.172. The molecule has 0 aromatic carbocycles. The van der Waals surface area contributed by atoms with Gasteiger partial charge in [-0.2, -0.15) is 5.10 Å². The van der Waals surface area contributed by atoms with E-state index in [2.05, 4.69) is 5.10 Å². The van der Waals surface area contributed by atoms with Crippen LogP contribution >= 0.6 is 0 Å². The molecule has 0 saturated carbocycles. The van der Waals surface area contributed by atoms with E-state index in [9.17, 15) is 4.79 Å². The number of morpholine rings is 1. The number of rotatable bonds is 1. The summed E-state index contributed by atoms with van der Waals surface area (Å²) >= 11 is 0. The Kier molecular flexibility index (Phi) is 3.06. The van der Waals surface area contributed by atoms with Gasteiger partial charge < -0.3 is 15.4 Å². The van der Waals surface area contributed by atoms with Crippen LogP contribution in [0.4, 0.5) is 5.69 Å². The number of anilines is 1. The van der Waals surface area contributed by atoms with Gasteiger partial charge in [-0.15, -0.1) is 0 Å². The second-order valence-corrected chi connectivity index (χ2v) is 4.39. The number of amides is 1. The summed E-state index contributed by atoms with van der Waals surface area (Å²) in [6.45, 7) is 5.52. The van der Waals surface area contributed by atoms with Crippen LogP contribution in [0.1, 0.15) is 23.1 Å². The summed E-state index contributed by atoms with van der Waals surface area (Å²) in [5, 5.41) is 4.16. The Morgan fingerprint density at radius 1 is 1.59 bits per heavy atom. The molecule has 1 aliphatic rings. The average Bonchev–Trinajstić information content (AvgIpc) is 2.53. The fraction of sp³-hybridized carbons (Fsp3) is 0.636. The molecule has 0 bridgehead atoms. The fourth-order valence-electron chi connectivity index (χ4n) is 2.09. The van der Waals surface area contributed by atoms with E-state index in [1.54, 1.807) is 23.6 Å². The number of hydrogen-bond donors (Lipinski definition) is 1. The van der Waals surface area contributed by atoms with Crippen LogP contribution in [-0.4, -0.2) is 46.4 Å².